The number of carbonyl (C=O) groups is 2. The lowest BCUT2D eigenvalue weighted by molar-refractivity contribution is 0.0915. The zero-order valence-electron chi connectivity index (χ0n) is 32.1. The van der Waals surface area contributed by atoms with E-state index < -0.39 is 28.8 Å². The molecule has 0 heterocycles. The summed E-state index contributed by atoms with van der Waals surface area (Å²) in [4.78, 5) is 36.7. The van der Waals surface area contributed by atoms with Crippen LogP contribution < -0.4 is 10.6 Å². The van der Waals surface area contributed by atoms with E-state index in [1.54, 1.807) is 6.08 Å². The van der Waals surface area contributed by atoms with Crippen molar-refractivity contribution in [2.24, 2.45) is 16.8 Å². The molecule has 0 aromatic rings. The molecule has 17 heteroatoms. The second-order valence-corrected chi connectivity index (χ2v) is 23.4. The number of carbonyl (C=O) groups excluding carboxylic acids is 3. The monoisotopic (exact) mass is 776 g/mol. The fourth-order valence-electron chi connectivity index (χ4n) is 6.48. The molecular weight excluding hydrogens is 709 g/mol. The maximum Gasteiger partial charge on any atom is 0.407 e. The predicted octanol–water partition coefficient (Wildman–Crippen LogP) is 4.71. The van der Waals surface area contributed by atoms with E-state index in [1.807, 2.05) is 6.26 Å². The van der Waals surface area contributed by atoms with Crippen molar-refractivity contribution in [1.82, 2.24) is 10.6 Å². The average Bonchev–Trinajstić information content (AvgIpc) is 3.11. The van der Waals surface area contributed by atoms with Gasteiger partial charge in [-0.15, -0.1) is 0 Å². The molecule has 2 fully saturated rings. The predicted molar refractivity (Wildman–Crippen MR) is 202 cm³/mol. The molecule has 6 N–H and O–H groups in total. The van der Waals surface area contributed by atoms with Crippen LogP contribution in [-0.2, 0) is 23.1 Å². The lowest BCUT2D eigenvalue weighted by Gasteiger charge is -2.34. The van der Waals surface area contributed by atoms with Gasteiger partial charge in [-0.1, -0.05) is 0 Å². The molecule has 0 bridgehead atoms. The quantitative estimate of drug-likeness (QED) is 0.0306. The third-order valence-corrected chi connectivity index (χ3v) is 16.5. The molecule has 0 spiro atoms. The van der Waals surface area contributed by atoms with Crippen molar-refractivity contribution in [3.05, 3.63) is 0 Å². The first-order valence-corrected chi connectivity index (χ1v) is 25.1. The lowest BCUT2D eigenvalue weighted by Crippen LogP contribution is -2.45. The number of alkyl carbamates (subject to hydrolysis) is 2. The smallest absolute Gasteiger partial charge is 0.407 e. The Morgan fingerprint density at radius 2 is 1.15 bits per heavy atom. The molecule has 15 nitrogen and oxygen atoms in total. The van der Waals surface area contributed by atoms with Crippen molar-refractivity contribution in [1.29, 1.82) is 5.26 Å². The van der Waals surface area contributed by atoms with Crippen LogP contribution in [0, 0.1) is 23.4 Å². The largest absolute Gasteiger partial charge is 0.455 e. The first-order chi connectivity index (χ1) is 24.8. The number of unbranched alkanes of at least 4 members (excludes halogenated alkanes) is 1. The summed E-state index contributed by atoms with van der Waals surface area (Å²) in [6, 6.07) is 2.08. The normalized spacial score (nSPS) is 19.9. The van der Waals surface area contributed by atoms with E-state index in [9.17, 15) is 14.4 Å². The van der Waals surface area contributed by atoms with Gasteiger partial charge in [-0.3, -0.25) is 0 Å². The third-order valence-electron chi connectivity index (χ3n) is 8.95. The van der Waals surface area contributed by atoms with Crippen LogP contribution >= 0.6 is 0 Å². The van der Waals surface area contributed by atoms with Crippen molar-refractivity contribution in [3.63, 3.8) is 0 Å². The molecule has 0 atom stereocenters. The van der Waals surface area contributed by atoms with E-state index in [1.165, 1.54) is 32.1 Å². The van der Waals surface area contributed by atoms with Gasteiger partial charge in [-0.2, -0.15) is 5.26 Å². The van der Waals surface area contributed by atoms with Crippen LogP contribution in [-0.4, -0.2) is 120 Å². The number of nitrogens with one attached hydrogen (secondary N) is 2. The number of hydrogen-bond donors (Lipinski definition) is 6. The maximum atomic E-state index is 11.3. The van der Waals surface area contributed by atoms with Gasteiger partial charge in [0.05, 0.1) is 19.3 Å². The van der Waals surface area contributed by atoms with Gasteiger partial charge < -0.3 is 49.4 Å². The minimum Gasteiger partial charge on any atom is -0.455 e. The minimum atomic E-state index is -1.85. The number of ether oxygens (including phenoxy) is 3. The van der Waals surface area contributed by atoms with Gasteiger partial charge in [0.15, 0.2) is 16.6 Å². The molecule has 0 aromatic carbocycles. The summed E-state index contributed by atoms with van der Waals surface area (Å²) in [6.45, 7) is 9.78. The Morgan fingerprint density at radius 3 is 1.54 bits per heavy atom. The molecule has 2 aliphatic carbocycles. The second-order valence-electron chi connectivity index (χ2n) is 14.5. The molecule has 0 saturated heterocycles. The van der Waals surface area contributed by atoms with Crippen LogP contribution in [0.2, 0.25) is 38.3 Å². The number of aliphatic hydroxyl groups is 4. The highest BCUT2D eigenvalue weighted by Gasteiger charge is 2.32. The number of isocyanates is 1. The van der Waals surface area contributed by atoms with Crippen molar-refractivity contribution in [2.45, 2.75) is 134 Å². The average molecular weight is 777 g/mol. The zero-order chi connectivity index (χ0) is 39.1. The summed E-state index contributed by atoms with van der Waals surface area (Å²) < 4.78 is 21.0. The Morgan fingerprint density at radius 1 is 0.712 bits per heavy atom. The van der Waals surface area contributed by atoms with Crippen LogP contribution in [0.5, 0.6) is 0 Å². The summed E-state index contributed by atoms with van der Waals surface area (Å²) in [5.41, 5.74) is 0. The SMILES string of the molecule is C[Si](C)(CCCNC(=O)OCCO)O[Si](C)(C)CCCNC(=O)OCCO.N#COC1CCC(CC2CCC(N=C=O)CC2)CC1.OCCCCO. The van der Waals surface area contributed by atoms with E-state index in [4.69, 9.17) is 44.0 Å². The number of nitrogens with zero attached hydrogens (tertiary/aromatic N) is 2. The van der Waals surface area contributed by atoms with Crippen LogP contribution in [0.3, 0.4) is 0 Å². The topological polar surface area (TPSA) is 229 Å². The number of aliphatic imine (C=N–C) groups is 1. The summed E-state index contributed by atoms with van der Waals surface area (Å²) in [7, 11) is -3.69. The first-order valence-electron chi connectivity index (χ1n) is 18.9. The Hall–Kier alpha value is -2.56. The van der Waals surface area contributed by atoms with Gasteiger partial charge in [0, 0.05) is 26.3 Å². The van der Waals surface area contributed by atoms with Crippen molar-refractivity contribution < 1.29 is 53.1 Å². The number of hydrogen-bond acceptors (Lipinski definition) is 13. The Balaban J connectivity index is 0.000000895. The summed E-state index contributed by atoms with van der Waals surface area (Å²) in [6.07, 6.45) is 16.0. The van der Waals surface area contributed by atoms with E-state index in [0.717, 1.165) is 75.3 Å². The second kappa shape index (κ2) is 30.9. The summed E-state index contributed by atoms with van der Waals surface area (Å²) in [5, 5.41) is 47.2. The van der Waals surface area contributed by atoms with Crippen LogP contribution in [0.4, 0.5) is 9.59 Å². The van der Waals surface area contributed by atoms with Gasteiger partial charge in [0.2, 0.25) is 6.08 Å². The molecule has 2 saturated carbocycles. The molecule has 0 unspecified atom stereocenters. The van der Waals surface area contributed by atoms with E-state index >= 15 is 0 Å². The number of nitriles is 1. The number of amides is 2. The van der Waals surface area contributed by atoms with Crippen LogP contribution in [0.15, 0.2) is 4.99 Å². The lowest BCUT2D eigenvalue weighted by atomic mass is 9.76. The van der Waals surface area contributed by atoms with Crippen molar-refractivity contribution in [3.8, 4) is 6.26 Å². The maximum absolute atomic E-state index is 11.3. The van der Waals surface area contributed by atoms with E-state index in [2.05, 4.69) is 41.8 Å². The van der Waals surface area contributed by atoms with Crippen LogP contribution in [0.1, 0.15) is 83.5 Å². The van der Waals surface area contributed by atoms with E-state index in [0.29, 0.717) is 13.1 Å². The molecule has 52 heavy (non-hydrogen) atoms. The summed E-state index contributed by atoms with van der Waals surface area (Å²) >= 11 is 0. The van der Waals surface area contributed by atoms with Gasteiger partial charge in [-0.05, 0) is 134 Å². The highest BCUT2D eigenvalue weighted by Crippen LogP contribution is 2.36. The molecular formula is C35H68N4O11Si2. The molecule has 302 valence electrons. The zero-order valence-corrected chi connectivity index (χ0v) is 34.1. The fraction of sp³-hybridized carbons (Fsp3) is 0.886. The highest BCUT2D eigenvalue weighted by molar-refractivity contribution is 6.84. The van der Waals surface area contributed by atoms with Crippen molar-refractivity contribution in [2.75, 3.05) is 52.7 Å². The Kier molecular flexibility index (Phi) is 29.3. The van der Waals surface area contributed by atoms with Gasteiger partial charge in [0.1, 0.15) is 19.3 Å². The molecule has 0 aliphatic heterocycles. The van der Waals surface area contributed by atoms with Crippen LogP contribution in [0.25, 0.3) is 0 Å². The molecule has 2 aliphatic rings. The van der Waals surface area contributed by atoms with Gasteiger partial charge >= 0.3 is 12.2 Å². The third kappa shape index (κ3) is 28.0. The standard InChI is InChI=1S/C16H36N2O7Si2.C15H22N2O2.C4H10O2/c1-26(2,13-5-7-17-15(21)23-11-9-19)25-27(3,4)14-6-8-18-16(22)24-12-10-20;16-10-19-15-7-3-13(4-8-15)9-12-1-5-14(6-2-12)17-11-18;5-3-1-2-4-6/h19-20H,5-14H2,1-4H3,(H,17,21)(H,18,22);12-15H,1-9H2;5-6H,1-4H2. The molecule has 2 amide bonds. The molecule has 0 radical (unpaired) electrons. The highest BCUT2D eigenvalue weighted by atomic mass is 28.4. The first kappa shape index (κ1) is 49.4. The van der Waals surface area contributed by atoms with E-state index in [-0.39, 0.29) is 51.8 Å². The number of aliphatic hydroxyl groups excluding tert-OH is 4. The number of rotatable bonds is 21. The van der Waals surface area contributed by atoms with Gasteiger partial charge in [-0.25, -0.2) is 19.4 Å². The minimum absolute atomic E-state index is 0.00297. The summed E-state index contributed by atoms with van der Waals surface area (Å²) in [5.74, 6) is 1.60. The Labute approximate surface area is 313 Å². The molecule has 2 rings (SSSR count). The molecule has 0 aromatic heterocycles. The fourth-order valence-corrected chi connectivity index (χ4v) is 15.3. The Bertz CT molecular complexity index is 971. The van der Waals surface area contributed by atoms with Crippen molar-refractivity contribution >= 4 is 34.9 Å². The van der Waals surface area contributed by atoms with Gasteiger partial charge in [0.25, 0.3) is 6.26 Å².